The van der Waals surface area contributed by atoms with E-state index in [9.17, 15) is 0 Å². The third kappa shape index (κ3) is 2.04. The van der Waals surface area contributed by atoms with Gasteiger partial charge in [-0.05, 0) is 18.2 Å². The number of thiazole rings is 1. The van der Waals surface area contributed by atoms with Crippen LogP contribution in [0.3, 0.4) is 0 Å². The van der Waals surface area contributed by atoms with Crippen molar-refractivity contribution in [1.82, 2.24) is 30.1 Å². The molecule has 0 bridgehead atoms. The molecule has 7 nitrogen and oxygen atoms in total. The van der Waals surface area contributed by atoms with Crippen LogP contribution >= 0.6 is 11.3 Å². The average molecular weight is 333 g/mol. The average Bonchev–Trinajstić information content (AvgIpc) is 3.33. The van der Waals surface area contributed by atoms with E-state index in [0.29, 0.717) is 0 Å². The topological polar surface area (TPSA) is 95.2 Å². The number of rotatable bonds is 3. The van der Waals surface area contributed by atoms with Crippen molar-refractivity contribution in [2.45, 2.75) is 0 Å². The molecule has 0 unspecified atom stereocenters. The van der Waals surface area contributed by atoms with E-state index in [2.05, 4.69) is 41.5 Å². The fraction of sp³-hybridized carbons (Fsp3) is 0. The molecule has 0 aliphatic rings. The summed E-state index contributed by atoms with van der Waals surface area (Å²) in [4.78, 5) is 16.3. The molecule has 4 aromatic heterocycles. The van der Waals surface area contributed by atoms with Gasteiger partial charge >= 0.3 is 0 Å². The van der Waals surface area contributed by atoms with Gasteiger partial charge in [0.25, 0.3) is 0 Å². The number of fused-ring (bicyclic) bond motifs is 2. The molecule has 24 heavy (non-hydrogen) atoms. The fourth-order valence-corrected chi connectivity index (χ4v) is 3.60. The van der Waals surface area contributed by atoms with Crippen molar-refractivity contribution in [3.8, 4) is 10.7 Å². The first-order valence-corrected chi connectivity index (χ1v) is 8.14. The smallest absolute Gasteiger partial charge is 0.144 e. The molecule has 0 aliphatic carbocycles. The fourth-order valence-electron chi connectivity index (χ4n) is 2.62. The first-order valence-electron chi connectivity index (χ1n) is 7.33. The molecule has 0 aliphatic heterocycles. The van der Waals surface area contributed by atoms with Crippen molar-refractivity contribution in [3.05, 3.63) is 49.1 Å². The maximum atomic E-state index is 4.68. The van der Waals surface area contributed by atoms with E-state index in [1.165, 1.54) is 6.33 Å². The molecule has 0 saturated carbocycles. The summed E-state index contributed by atoms with van der Waals surface area (Å²) < 4.78 is 1.14. The number of aromatic amines is 2. The standard InChI is InChI=1S/C16H11N7S/c1-2-4-12-10(3-1)22-16(24-12)13-11(7-20-23-13)21-15-9-5-6-17-14(9)18-8-19-15/h1-8H,(H,20,23)(H2,17,18,19,21). The third-order valence-electron chi connectivity index (χ3n) is 3.75. The Labute approximate surface area is 139 Å². The zero-order valence-corrected chi connectivity index (χ0v) is 13.1. The van der Waals surface area contributed by atoms with Crippen LogP contribution in [-0.4, -0.2) is 30.1 Å². The number of nitrogens with one attached hydrogen (secondary N) is 3. The molecule has 0 fully saturated rings. The second-order valence-corrected chi connectivity index (χ2v) is 6.26. The number of benzene rings is 1. The van der Waals surface area contributed by atoms with Crippen molar-refractivity contribution in [2.24, 2.45) is 0 Å². The van der Waals surface area contributed by atoms with Crippen LogP contribution in [0.5, 0.6) is 0 Å². The maximum Gasteiger partial charge on any atom is 0.144 e. The minimum absolute atomic E-state index is 0.727. The summed E-state index contributed by atoms with van der Waals surface area (Å²) in [6.07, 6.45) is 5.11. The molecular weight excluding hydrogens is 322 g/mol. The van der Waals surface area contributed by atoms with E-state index in [1.807, 2.05) is 30.5 Å². The van der Waals surface area contributed by atoms with Crippen LogP contribution in [0.25, 0.3) is 32.0 Å². The van der Waals surface area contributed by atoms with Crippen LogP contribution in [0.2, 0.25) is 0 Å². The molecule has 5 rings (SSSR count). The molecule has 116 valence electrons. The van der Waals surface area contributed by atoms with Gasteiger partial charge in [0, 0.05) is 6.20 Å². The Hall–Kier alpha value is -3.26. The summed E-state index contributed by atoms with van der Waals surface area (Å²) >= 11 is 1.62. The lowest BCUT2D eigenvalue weighted by atomic mass is 10.3. The molecule has 1 aromatic carbocycles. The van der Waals surface area contributed by atoms with Crippen LogP contribution in [-0.2, 0) is 0 Å². The molecule has 0 spiro atoms. The van der Waals surface area contributed by atoms with E-state index in [-0.39, 0.29) is 0 Å². The third-order valence-corrected chi connectivity index (χ3v) is 4.81. The van der Waals surface area contributed by atoms with Crippen molar-refractivity contribution in [3.63, 3.8) is 0 Å². The van der Waals surface area contributed by atoms with Gasteiger partial charge in [-0.25, -0.2) is 15.0 Å². The van der Waals surface area contributed by atoms with Crippen molar-refractivity contribution in [2.75, 3.05) is 5.32 Å². The molecular formula is C16H11N7S. The van der Waals surface area contributed by atoms with Crippen LogP contribution < -0.4 is 5.32 Å². The highest BCUT2D eigenvalue weighted by molar-refractivity contribution is 7.21. The molecule has 0 radical (unpaired) electrons. The quantitative estimate of drug-likeness (QED) is 0.468. The lowest BCUT2D eigenvalue weighted by molar-refractivity contribution is 1.09. The van der Waals surface area contributed by atoms with Gasteiger partial charge in [0.15, 0.2) is 0 Å². The number of para-hydroxylation sites is 1. The van der Waals surface area contributed by atoms with E-state index >= 15 is 0 Å². The number of hydrogen-bond acceptors (Lipinski definition) is 6. The van der Waals surface area contributed by atoms with Crippen molar-refractivity contribution >= 4 is 44.1 Å². The Bertz CT molecular complexity index is 1120. The predicted octanol–water partition coefficient (Wildman–Crippen LogP) is 3.70. The van der Waals surface area contributed by atoms with Gasteiger partial charge in [-0.1, -0.05) is 12.1 Å². The van der Waals surface area contributed by atoms with Crippen LogP contribution in [0.1, 0.15) is 0 Å². The Kier molecular flexibility index (Phi) is 2.83. The summed E-state index contributed by atoms with van der Waals surface area (Å²) in [5, 5.41) is 12.3. The van der Waals surface area contributed by atoms with Gasteiger partial charge in [-0.3, -0.25) is 5.10 Å². The first kappa shape index (κ1) is 13.2. The number of H-pyrrole nitrogens is 2. The molecule has 0 saturated heterocycles. The van der Waals surface area contributed by atoms with Gasteiger partial charge in [0.2, 0.25) is 0 Å². The SMILES string of the molecule is c1ccc2sc(-c3[nH]ncc3Nc3ncnc4[nH]ccc34)nc2c1. The molecule has 8 heteroatoms. The molecule has 0 amide bonds. The zero-order chi connectivity index (χ0) is 15.9. The summed E-state index contributed by atoms with van der Waals surface area (Å²) in [6.45, 7) is 0. The second-order valence-electron chi connectivity index (χ2n) is 5.23. The zero-order valence-electron chi connectivity index (χ0n) is 12.3. The van der Waals surface area contributed by atoms with Gasteiger partial charge in [0.05, 0.1) is 27.5 Å². The largest absolute Gasteiger partial charge is 0.346 e. The van der Waals surface area contributed by atoms with Gasteiger partial charge < -0.3 is 10.3 Å². The summed E-state index contributed by atoms with van der Waals surface area (Å²) in [5.74, 6) is 0.727. The van der Waals surface area contributed by atoms with Gasteiger partial charge in [-0.2, -0.15) is 5.10 Å². The Morgan fingerprint density at radius 3 is 3.00 bits per heavy atom. The van der Waals surface area contributed by atoms with Gasteiger partial charge in [-0.15, -0.1) is 11.3 Å². The van der Waals surface area contributed by atoms with E-state index in [4.69, 9.17) is 0 Å². The summed E-state index contributed by atoms with van der Waals surface area (Å²) in [5.41, 5.74) is 3.44. The monoisotopic (exact) mass is 333 g/mol. The normalized spacial score (nSPS) is 11.3. The molecule has 4 heterocycles. The van der Waals surface area contributed by atoms with Crippen molar-refractivity contribution in [1.29, 1.82) is 0 Å². The highest BCUT2D eigenvalue weighted by atomic mass is 32.1. The Morgan fingerprint density at radius 2 is 2.04 bits per heavy atom. The van der Waals surface area contributed by atoms with E-state index < -0.39 is 0 Å². The second kappa shape index (κ2) is 5.14. The first-order chi connectivity index (χ1) is 11.9. The van der Waals surface area contributed by atoms with E-state index in [1.54, 1.807) is 17.5 Å². The molecule has 0 atom stereocenters. The minimum atomic E-state index is 0.727. The number of nitrogens with zero attached hydrogens (tertiary/aromatic N) is 4. The van der Waals surface area contributed by atoms with Crippen LogP contribution in [0.15, 0.2) is 49.1 Å². The predicted molar refractivity (Wildman–Crippen MR) is 94.4 cm³/mol. The van der Waals surface area contributed by atoms with Crippen molar-refractivity contribution < 1.29 is 0 Å². The number of hydrogen-bond donors (Lipinski definition) is 3. The number of aromatic nitrogens is 6. The highest BCUT2D eigenvalue weighted by Crippen LogP contribution is 2.34. The Morgan fingerprint density at radius 1 is 1.08 bits per heavy atom. The van der Waals surface area contributed by atoms with E-state index in [0.717, 1.165) is 43.5 Å². The lowest BCUT2D eigenvalue weighted by Gasteiger charge is -2.05. The lowest BCUT2D eigenvalue weighted by Crippen LogP contribution is -1.95. The summed E-state index contributed by atoms with van der Waals surface area (Å²) in [6, 6.07) is 10.0. The Balaban J connectivity index is 1.59. The van der Waals surface area contributed by atoms with Crippen LogP contribution in [0.4, 0.5) is 11.5 Å². The highest BCUT2D eigenvalue weighted by Gasteiger charge is 2.14. The number of anilines is 2. The van der Waals surface area contributed by atoms with Gasteiger partial charge in [0.1, 0.15) is 28.5 Å². The maximum absolute atomic E-state index is 4.68. The molecule has 3 N–H and O–H groups in total. The minimum Gasteiger partial charge on any atom is -0.346 e. The molecule has 5 aromatic rings. The summed E-state index contributed by atoms with van der Waals surface area (Å²) in [7, 11) is 0. The van der Waals surface area contributed by atoms with Crippen LogP contribution in [0, 0.1) is 0 Å².